The zero-order chi connectivity index (χ0) is 110. The molecule has 0 fully saturated rings. The van der Waals surface area contributed by atoms with E-state index in [-0.39, 0.29) is 144 Å². The number of rotatable bonds is 95. The first kappa shape index (κ1) is 135. The summed E-state index contributed by atoms with van der Waals surface area (Å²) in [5.74, 6) is -10.8. The van der Waals surface area contributed by atoms with Gasteiger partial charge in [0.2, 0.25) is 70.9 Å². The highest BCUT2D eigenvalue weighted by molar-refractivity contribution is 5.97. The second-order valence-electron chi connectivity index (χ2n) is 34.5. The standard InChI is InChI=1S/C98H164N14O38/c1-97(2,3)149-87(121)69-105-81(115)65-103-83(117)67-107-91(123)77(25-15-17-29-99-85(119)73-145-63-61-143-59-57-141-55-53-139-51-49-137-47-45-135-43-41-133-39-37-131-35-33-129-7)109-79(113)27-19-31-101-93(125)89(111-95(127)147-71-75-21-11-9-12-22-75)90(112-96(128)148-72-76-23-13-10-14-24-76)94(126)102-32-20-28-80(114)110-78(92(124)108-68-84(118)104-66-82(116)106-70-88(122)150-98(4,5)6)26-16-18-30-100-86(120)74-146-64-62-144-60-58-142-56-54-140-52-50-138-48-46-136-44-42-134-40-38-132-36-34-130-8/h9-14,21-24,77-78,89-90H,15-20,25-74H2,1-8H3,(H,99,119)(H,100,120)(H,101,125)(H,102,126)(H,103,117)(H,104,118)(H,105,115)(H,106,116)(H,107,123)(H,108,124)(H,109,113)(H,110,114)(H,111,127)(H,112,128)/t77-,78-,89-,90-/m0/s1. The van der Waals surface area contributed by atoms with Crippen molar-refractivity contribution in [2.24, 2.45) is 0 Å². The Hall–Kier alpha value is -11.2. The molecule has 0 unspecified atom stereocenters. The summed E-state index contributed by atoms with van der Waals surface area (Å²) in [7, 11) is 3.22. The SMILES string of the molecule is COCCOCCOCCOCCOCCOCCOCCOCCOCC(=O)NCCCC[C@H](NC(=O)CCCNC(=O)[C@@H](NC(=O)OCc1ccccc1)[C@H](NC(=O)OCc1ccccc1)C(=O)NCCCC(=O)N[C@@H](CCCCNC(=O)COCCOCCOCCOCCOCCOCCOCCOCCOC)C(=O)NCC(=O)NCC(=O)NCC(=O)OC(C)(C)C)C(=O)NCC(=O)NCC(=O)NCC(=O)OC(C)(C)C. The summed E-state index contributed by atoms with van der Waals surface area (Å²) in [6.45, 7) is 16.8. The maximum Gasteiger partial charge on any atom is 0.408 e. The van der Waals surface area contributed by atoms with E-state index in [1.807, 2.05) is 0 Å². The smallest absolute Gasteiger partial charge is 0.408 e. The molecule has 0 saturated heterocycles. The molecule has 0 aliphatic carbocycles. The quantitative estimate of drug-likeness (QED) is 0.0191. The molecular formula is C98H164N14O38. The van der Waals surface area contributed by atoms with Crippen LogP contribution in [-0.4, -0.2) is 435 Å². The van der Waals surface area contributed by atoms with Crippen molar-refractivity contribution in [1.29, 1.82) is 0 Å². The number of amides is 14. The number of benzene rings is 2. The van der Waals surface area contributed by atoms with Crippen LogP contribution < -0.4 is 74.4 Å². The number of carbonyl (C=O) groups is 16. The first-order valence-corrected chi connectivity index (χ1v) is 50.3. The van der Waals surface area contributed by atoms with Crippen LogP contribution in [0.15, 0.2) is 60.7 Å². The molecule has 0 heterocycles. The summed E-state index contributed by atoms with van der Waals surface area (Å²) in [4.78, 5) is 213. The van der Waals surface area contributed by atoms with E-state index in [1.165, 1.54) is 0 Å². The van der Waals surface area contributed by atoms with Crippen molar-refractivity contribution < 1.29 is 181 Å². The van der Waals surface area contributed by atoms with Crippen LogP contribution >= 0.6 is 0 Å². The average Bonchev–Trinajstić information content (AvgIpc) is 0.839. The van der Waals surface area contributed by atoms with Crippen molar-refractivity contribution in [3.05, 3.63) is 71.8 Å². The van der Waals surface area contributed by atoms with Crippen molar-refractivity contribution in [3.8, 4) is 0 Å². The summed E-state index contributed by atoms with van der Waals surface area (Å²) in [6, 6.07) is 10.0. The van der Waals surface area contributed by atoms with Crippen LogP contribution in [0.2, 0.25) is 0 Å². The molecule has 0 bridgehead atoms. The third kappa shape index (κ3) is 82.6. The van der Waals surface area contributed by atoms with Gasteiger partial charge in [0.1, 0.15) is 74.9 Å². The van der Waals surface area contributed by atoms with Crippen LogP contribution in [0.5, 0.6) is 0 Å². The normalized spacial score (nSPS) is 12.0. The van der Waals surface area contributed by atoms with Crippen molar-refractivity contribution >= 4 is 95.0 Å². The molecular weight excluding hydrogens is 1980 g/mol. The lowest BCUT2D eigenvalue weighted by Gasteiger charge is -2.27. The molecule has 0 aliphatic heterocycles. The van der Waals surface area contributed by atoms with Gasteiger partial charge in [0.25, 0.3) is 0 Å². The highest BCUT2D eigenvalue weighted by atomic mass is 16.6. The van der Waals surface area contributed by atoms with Gasteiger partial charge in [-0.05, 0) is 104 Å². The Morgan fingerprint density at radius 2 is 0.493 bits per heavy atom. The Bertz CT molecular complexity index is 3770. The van der Waals surface area contributed by atoms with E-state index >= 15 is 0 Å². The maximum atomic E-state index is 14.6. The number of carbonyl (C=O) groups excluding carboxylic acids is 16. The van der Waals surface area contributed by atoms with Gasteiger partial charge in [0.15, 0.2) is 0 Å². The molecule has 2 aromatic rings. The number of nitrogens with one attached hydrogen (secondary N) is 14. The second-order valence-corrected chi connectivity index (χ2v) is 34.5. The molecule has 52 heteroatoms. The Morgan fingerprint density at radius 1 is 0.247 bits per heavy atom. The van der Waals surface area contributed by atoms with Gasteiger partial charge in [-0.15, -0.1) is 0 Å². The lowest BCUT2D eigenvalue weighted by Crippen LogP contribution is -2.63. The monoisotopic (exact) mass is 2150 g/mol. The van der Waals surface area contributed by atoms with Crippen LogP contribution in [0.25, 0.3) is 0 Å². The van der Waals surface area contributed by atoms with E-state index in [0.717, 1.165) is 0 Å². The predicted octanol–water partition coefficient (Wildman–Crippen LogP) is -2.15. The Labute approximate surface area is 877 Å². The van der Waals surface area contributed by atoms with Crippen LogP contribution in [0.1, 0.15) is 117 Å². The third-order valence-corrected chi connectivity index (χ3v) is 19.4. The van der Waals surface area contributed by atoms with Gasteiger partial charge < -0.3 is 179 Å². The largest absolute Gasteiger partial charge is 0.459 e. The molecule has 2 aromatic carbocycles. The highest BCUT2D eigenvalue weighted by Gasteiger charge is 2.38. The summed E-state index contributed by atoms with van der Waals surface area (Å²) in [5.41, 5.74) is -0.612. The van der Waals surface area contributed by atoms with Gasteiger partial charge in [0, 0.05) is 53.2 Å². The van der Waals surface area contributed by atoms with E-state index in [9.17, 15) is 76.7 Å². The van der Waals surface area contributed by atoms with E-state index < -0.39 is 170 Å². The number of alkyl carbamates (subject to hydrolysis) is 2. The number of unbranched alkanes of at least 4 members (excludes halogenated alkanes) is 2. The molecule has 0 aliphatic rings. The molecule has 0 aromatic heterocycles. The fourth-order valence-electron chi connectivity index (χ4n) is 12.1. The second kappa shape index (κ2) is 90.5. The summed E-state index contributed by atoms with van der Waals surface area (Å²) in [6.07, 6.45) is -2.62. The number of methoxy groups -OCH3 is 2. The zero-order valence-electron chi connectivity index (χ0n) is 88.2. The Balaban J connectivity index is 2.14. The average molecular weight is 2150 g/mol. The summed E-state index contributed by atoms with van der Waals surface area (Å²) >= 11 is 0. The maximum absolute atomic E-state index is 14.6. The minimum absolute atomic E-state index is 0.0353. The minimum atomic E-state index is -2.03. The van der Waals surface area contributed by atoms with Gasteiger partial charge in [-0.1, -0.05) is 60.7 Å². The predicted molar refractivity (Wildman–Crippen MR) is 536 cm³/mol. The third-order valence-electron chi connectivity index (χ3n) is 19.4. The molecule has 4 atom stereocenters. The molecule has 150 heavy (non-hydrogen) atoms. The van der Waals surface area contributed by atoms with Crippen molar-refractivity contribution in [1.82, 2.24) is 74.4 Å². The zero-order valence-corrected chi connectivity index (χ0v) is 88.2. The van der Waals surface area contributed by atoms with E-state index in [2.05, 4.69) is 74.4 Å². The fraction of sp³-hybridized carbons (Fsp3) is 0.714. The number of esters is 2. The van der Waals surface area contributed by atoms with Gasteiger partial charge in [-0.25, -0.2) is 9.59 Å². The lowest BCUT2D eigenvalue weighted by atomic mass is 10.1. The topological polar surface area (TPSA) is 645 Å². The molecule has 14 N–H and O–H groups in total. The van der Waals surface area contributed by atoms with Crippen LogP contribution in [0, 0.1) is 0 Å². The summed E-state index contributed by atoms with van der Waals surface area (Å²) < 4.78 is 119. The van der Waals surface area contributed by atoms with Crippen LogP contribution in [0.4, 0.5) is 9.59 Å². The molecule has 0 spiro atoms. The van der Waals surface area contributed by atoms with E-state index in [0.29, 0.717) is 196 Å². The minimum Gasteiger partial charge on any atom is -0.459 e. The Kier molecular flexibility index (Phi) is 81.4. The van der Waals surface area contributed by atoms with Gasteiger partial charge >= 0.3 is 24.1 Å². The van der Waals surface area contributed by atoms with Gasteiger partial charge in [-0.3, -0.25) is 67.1 Å². The molecule has 52 nitrogen and oxygen atoms in total. The van der Waals surface area contributed by atoms with Crippen molar-refractivity contribution in [3.63, 3.8) is 0 Å². The number of ether oxygens (including phenoxy) is 22. The molecule has 854 valence electrons. The van der Waals surface area contributed by atoms with Gasteiger partial charge in [0.05, 0.1) is 238 Å². The van der Waals surface area contributed by atoms with Crippen LogP contribution in [0.3, 0.4) is 0 Å². The van der Waals surface area contributed by atoms with Crippen molar-refractivity contribution in [2.75, 3.05) is 304 Å². The molecule has 0 radical (unpaired) electrons. The first-order valence-electron chi connectivity index (χ1n) is 50.3. The number of hydrogen-bond donors (Lipinski definition) is 14. The summed E-state index contributed by atoms with van der Waals surface area (Å²) in [5, 5.41) is 34.7. The lowest BCUT2D eigenvalue weighted by molar-refractivity contribution is -0.155. The highest BCUT2D eigenvalue weighted by Crippen LogP contribution is 2.12. The van der Waals surface area contributed by atoms with Crippen LogP contribution in [-0.2, 0) is 185 Å². The number of hydrogen-bond acceptors (Lipinski definition) is 38. The molecule has 14 amide bonds. The van der Waals surface area contributed by atoms with Gasteiger partial charge in [-0.2, -0.15) is 0 Å². The molecule has 2 rings (SSSR count). The first-order chi connectivity index (χ1) is 72.4. The van der Waals surface area contributed by atoms with E-state index in [4.69, 9.17) is 104 Å². The molecule has 0 saturated carbocycles. The fourth-order valence-corrected chi connectivity index (χ4v) is 12.1. The van der Waals surface area contributed by atoms with Crippen molar-refractivity contribution in [2.45, 2.75) is 154 Å². The van der Waals surface area contributed by atoms with E-state index in [1.54, 1.807) is 116 Å². The Morgan fingerprint density at radius 3 is 0.760 bits per heavy atom.